The van der Waals surface area contributed by atoms with Crippen molar-refractivity contribution in [3.05, 3.63) is 122 Å². The standard InChI is InChI=1S/2C18H24.C18H36.C15H30.C12H24.C12H18.C9H18/c2*1-9-10(2)14(6)18-16(8)12(4)11(3)15(7)17(18)13(9)5;1-13(2)14(3,4)16(7,8)18(11,12)17(9,10)15(13,5)6;1-11(2)12(3,4)14(7,8)15(9,10)13(11,5)6;1-9(2)10(3,4)12(7,8)11(9,5)6;1-7-8(2)10(4)12(6)11(5)9(7)3;1-7(2)8(3,4)9(7,5)6/h2*1-8H3;1-12H3;1-10H3;1-8H3;1-6H3;1-6H3. The molecule has 102 heavy (non-hydrogen) atoms. The lowest BCUT2D eigenvalue weighted by atomic mass is 9.28. The zero-order chi connectivity index (χ0) is 82.0. The largest absolute Gasteiger partial charge is 0.0588 e. The maximum atomic E-state index is 2.48. The molecule has 0 unspecified atom stereocenters. The van der Waals surface area contributed by atoms with E-state index >= 15 is 0 Å². The third-order valence-electron chi connectivity index (χ3n) is 41.7. The van der Waals surface area contributed by atoms with Crippen molar-refractivity contribution in [3.8, 4) is 0 Å². The van der Waals surface area contributed by atoms with Gasteiger partial charge in [0.25, 0.3) is 0 Å². The van der Waals surface area contributed by atoms with E-state index in [-0.39, 0.29) is 0 Å². The predicted octanol–water partition coefficient (Wildman–Crippen LogP) is 32.6. The first-order valence-corrected chi connectivity index (χ1v) is 40.5. The fraction of sp³-hybridized carbons (Fsp3) is 0.745. The second kappa shape index (κ2) is 27.3. The van der Waals surface area contributed by atoms with Crippen LogP contribution >= 0.6 is 0 Å². The molecule has 4 saturated carbocycles. The van der Waals surface area contributed by atoms with Crippen LogP contribution in [0.3, 0.4) is 0 Å². The number of rotatable bonds is 0. The number of benzene rings is 5. The van der Waals surface area contributed by atoms with Crippen molar-refractivity contribution in [1.82, 2.24) is 0 Å². The maximum absolute atomic E-state index is 2.48. The molecule has 0 saturated heterocycles. The Morgan fingerprint density at radius 2 is 0.118 bits per heavy atom. The van der Waals surface area contributed by atoms with E-state index in [4.69, 9.17) is 0 Å². The normalized spacial score (nSPS) is 23.2. The highest BCUT2D eigenvalue weighted by Crippen LogP contribution is 2.81. The molecule has 4 aliphatic rings. The molecule has 0 heterocycles. The third kappa shape index (κ3) is 12.2. The van der Waals surface area contributed by atoms with Gasteiger partial charge in [0.1, 0.15) is 0 Å². The molecule has 0 amide bonds. The number of hydrogen-bond acceptors (Lipinski definition) is 0. The SMILES string of the molecule is CC1(C)C(C)(C)C(C)(C)C(C)(C)C(C)(C)C1(C)C.CC1(C)C(C)(C)C(C)(C)C(C)(C)C1(C)C.CC1(C)C(C)(C)C(C)(C)C1(C)C.CC1(C)C(C)(C)C1(C)C.Cc1c(C)c(C)c(C)c(C)c1C.Cc1c(C)c(C)c2c(C)c(C)c(C)c(C)c2c1C.Cc1c(C)c(C)c2c(C)c(C)c(C)c(C)c2c1C. The fourth-order valence-electron chi connectivity index (χ4n) is 21.6. The van der Waals surface area contributed by atoms with E-state index in [1.807, 2.05) is 0 Å². The molecule has 0 aromatic heterocycles. The fourth-order valence-corrected chi connectivity index (χ4v) is 21.6. The lowest BCUT2D eigenvalue weighted by Gasteiger charge is -2.76. The first-order valence-electron chi connectivity index (χ1n) is 40.5. The zero-order valence-electron chi connectivity index (χ0n) is 80.0. The number of fused-ring (bicyclic) bond motifs is 2. The molecular formula is C102H174. The van der Waals surface area contributed by atoms with Gasteiger partial charge in [0.15, 0.2) is 0 Å². The first-order chi connectivity index (χ1) is 44.5. The van der Waals surface area contributed by atoms with Crippen molar-refractivity contribution in [2.75, 3.05) is 0 Å². The van der Waals surface area contributed by atoms with Gasteiger partial charge in [0.2, 0.25) is 0 Å². The van der Waals surface area contributed by atoms with E-state index in [0.29, 0.717) is 97.5 Å². The topological polar surface area (TPSA) is 0 Å². The first kappa shape index (κ1) is 92.8. The average Bonchev–Trinajstić information content (AvgIpc) is 1.01. The van der Waals surface area contributed by atoms with Crippen LogP contribution in [0.5, 0.6) is 0 Å². The van der Waals surface area contributed by atoms with Gasteiger partial charge in [0.05, 0.1) is 0 Å². The highest BCUT2D eigenvalue weighted by atomic mass is 14.8. The molecule has 5 aromatic rings. The lowest BCUT2D eigenvalue weighted by molar-refractivity contribution is -0.283. The van der Waals surface area contributed by atoms with Gasteiger partial charge >= 0.3 is 0 Å². The Kier molecular flexibility index (Phi) is 24.9. The van der Waals surface area contributed by atoms with Crippen LogP contribution < -0.4 is 0 Å². The molecule has 0 nitrogen and oxygen atoms in total. The summed E-state index contributed by atoms with van der Waals surface area (Å²) in [6.45, 7) is 137. The predicted molar refractivity (Wildman–Crippen MR) is 467 cm³/mol. The van der Waals surface area contributed by atoms with Crippen LogP contribution in [0.25, 0.3) is 21.5 Å². The van der Waals surface area contributed by atoms with E-state index in [1.54, 1.807) is 0 Å². The Morgan fingerprint density at radius 3 is 0.167 bits per heavy atom. The van der Waals surface area contributed by atoms with Gasteiger partial charge in [-0.3, -0.25) is 0 Å². The minimum Gasteiger partial charge on any atom is -0.0588 e. The molecule has 0 bridgehead atoms. The molecule has 9 rings (SSSR count). The van der Waals surface area contributed by atoms with E-state index < -0.39 is 0 Å². The molecule has 582 valence electrons. The van der Waals surface area contributed by atoms with Crippen LogP contribution in [0, 0.1) is 250 Å². The third-order valence-corrected chi connectivity index (χ3v) is 41.7. The van der Waals surface area contributed by atoms with Gasteiger partial charge in [0, 0.05) is 0 Å². The summed E-state index contributed by atoms with van der Waals surface area (Å²) < 4.78 is 0. The lowest BCUT2D eigenvalue weighted by Crippen LogP contribution is -2.70. The second-order valence-corrected chi connectivity index (χ2v) is 44.5. The Morgan fingerprint density at radius 1 is 0.0784 bits per heavy atom. The van der Waals surface area contributed by atoms with E-state index in [1.165, 1.54) is 144 Å². The van der Waals surface area contributed by atoms with Crippen molar-refractivity contribution in [1.29, 1.82) is 0 Å². The summed E-state index contributed by atoms with van der Waals surface area (Å²) in [7, 11) is 0. The summed E-state index contributed by atoms with van der Waals surface area (Å²) >= 11 is 0. The van der Waals surface area contributed by atoms with Gasteiger partial charge in [-0.2, -0.15) is 0 Å². The minimum absolute atomic E-state index is 0.294. The molecule has 5 aromatic carbocycles. The molecule has 4 aliphatic carbocycles. The molecule has 0 atom stereocenters. The Hall–Kier alpha value is -3.38. The van der Waals surface area contributed by atoms with Gasteiger partial charge in [-0.15, -0.1) is 0 Å². The van der Waals surface area contributed by atoms with Crippen molar-refractivity contribution >= 4 is 21.5 Å². The van der Waals surface area contributed by atoms with Gasteiger partial charge in [-0.05, 0) is 394 Å². The van der Waals surface area contributed by atoms with E-state index in [2.05, 4.69) is 402 Å². The van der Waals surface area contributed by atoms with Gasteiger partial charge in [-0.1, -0.05) is 249 Å². The van der Waals surface area contributed by atoms with Crippen LogP contribution in [0.1, 0.15) is 372 Å². The minimum atomic E-state index is 0.294. The number of hydrogen-bond donors (Lipinski definition) is 0. The van der Waals surface area contributed by atoms with Crippen molar-refractivity contribution < 1.29 is 0 Å². The zero-order valence-corrected chi connectivity index (χ0v) is 80.0. The monoisotopic (exact) mass is 1400 g/mol. The smallest absolute Gasteiger partial charge is 0.0114 e. The highest BCUT2D eigenvalue weighted by Gasteiger charge is 2.74. The van der Waals surface area contributed by atoms with Crippen LogP contribution in [0.2, 0.25) is 0 Å². The van der Waals surface area contributed by atoms with Gasteiger partial charge < -0.3 is 0 Å². The molecule has 0 heteroatoms. The summed E-state index contributed by atoms with van der Waals surface area (Å²) in [5, 5.41) is 5.93. The molecule has 0 spiro atoms. The van der Waals surface area contributed by atoms with Crippen LogP contribution in [0.15, 0.2) is 0 Å². The van der Waals surface area contributed by atoms with Crippen molar-refractivity contribution in [3.63, 3.8) is 0 Å². The van der Waals surface area contributed by atoms with Gasteiger partial charge in [-0.25, -0.2) is 0 Å². The molecule has 0 N–H and O–H groups in total. The quantitative estimate of drug-likeness (QED) is 0.145. The van der Waals surface area contributed by atoms with Crippen molar-refractivity contribution in [2.45, 2.75) is 402 Å². The summed E-state index contributed by atoms with van der Waals surface area (Å²) in [6, 6.07) is 0. The van der Waals surface area contributed by atoms with Crippen LogP contribution in [0.4, 0.5) is 0 Å². The van der Waals surface area contributed by atoms with E-state index in [0.717, 1.165) is 0 Å². The molecular weight excluding hydrogens is 1230 g/mol. The van der Waals surface area contributed by atoms with Crippen molar-refractivity contribution in [2.24, 2.45) is 97.5 Å². The summed E-state index contributed by atoms with van der Waals surface area (Å²) in [5.41, 5.74) is 38.9. The highest BCUT2D eigenvalue weighted by molar-refractivity contribution is 5.98. The summed E-state index contributed by atoms with van der Waals surface area (Å²) in [6.07, 6.45) is 0. The summed E-state index contributed by atoms with van der Waals surface area (Å²) in [4.78, 5) is 0. The molecule has 0 aliphatic heterocycles. The van der Waals surface area contributed by atoms with Crippen LogP contribution in [-0.2, 0) is 0 Å². The maximum Gasteiger partial charge on any atom is -0.0114 e. The molecule has 0 radical (unpaired) electrons. The average molecular weight is 1400 g/mol. The number of aryl methyl sites for hydroxylation is 8. The summed E-state index contributed by atoms with van der Waals surface area (Å²) in [5.74, 6) is 0. The van der Waals surface area contributed by atoms with E-state index in [9.17, 15) is 0 Å². The Bertz CT molecular complexity index is 3240. The van der Waals surface area contributed by atoms with Crippen LogP contribution in [-0.4, -0.2) is 0 Å². The Labute approximate surface area is 639 Å². The second-order valence-electron chi connectivity index (χ2n) is 44.5. The Balaban J connectivity index is 0.000000313. The molecule has 4 fully saturated rings.